The average Bonchev–Trinajstić information content (AvgIpc) is 2.55. The molecule has 1 aromatic carbocycles. The lowest BCUT2D eigenvalue weighted by molar-refractivity contribution is 0.0973. The van der Waals surface area contributed by atoms with Crippen molar-refractivity contribution in [2.75, 3.05) is 6.61 Å². The van der Waals surface area contributed by atoms with Gasteiger partial charge in [-0.1, -0.05) is 18.2 Å². The molecule has 0 aliphatic carbocycles. The van der Waals surface area contributed by atoms with Crippen LogP contribution in [0.15, 0.2) is 48.8 Å². The number of carbonyl (C=O) groups excluding carboxylic acids is 1. The van der Waals surface area contributed by atoms with E-state index in [1.807, 2.05) is 25.1 Å². The van der Waals surface area contributed by atoms with Gasteiger partial charge >= 0.3 is 0 Å². The molecule has 2 N–H and O–H groups in total. The number of nitrogens with one attached hydrogen (secondary N) is 2. The number of pyridine rings is 1. The van der Waals surface area contributed by atoms with Gasteiger partial charge in [-0.05, 0) is 42.9 Å². The Bertz CT molecular complexity index is 647. The molecule has 2 rings (SSSR count). The van der Waals surface area contributed by atoms with Crippen LogP contribution < -0.4 is 15.4 Å². The van der Waals surface area contributed by atoms with Crippen molar-refractivity contribution in [3.05, 3.63) is 59.9 Å². The Kier molecular flexibility index (Phi) is 5.85. The Labute approximate surface area is 134 Å². The van der Waals surface area contributed by atoms with Crippen LogP contribution in [0.3, 0.4) is 0 Å². The molecular weight excluding hydrogens is 298 g/mol. The molecule has 0 unspecified atom stereocenters. The first kappa shape index (κ1) is 15.9. The number of para-hydroxylation sites is 1. The Morgan fingerprint density at radius 3 is 2.82 bits per heavy atom. The number of aromatic nitrogens is 1. The summed E-state index contributed by atoms with van der Waals surface area (Å²) in [6.07, 6.45) is 3.44. The molecule has 0 radical (unpaired) electrons. The number of hydrogen-bond donors (Lipinski definition) is 2. The van der Waals surface area contributed by atoms with E-state index in [1.54, 1.807) is 30.6 Å². The summed E-state index contributed by atoms with van der Waals surface area (Å²) in [5.74, 6) is 0.241. The highest BCUT2D eigenvalue weighted by atomic mass is 32.1. The zero-order chi connectivity index (χ0) is 15.8. The minimum absolute atomic E-state index is 0.264. The molecule has 0 bridgehead atoms. The molecule has 22 heavy (non-hydrogen) atoms. The molecule has 5 nitrogen and oxygen atoms in total. The molecule has 6 heteroatoms. The Hall–Kier alpha value is -2.47. The number of hydrogen-bond acceptors (Lipinski definition) is 4. The van der Waals surface area contributed by atoms with Crippen molar-refractivity contribution in [3.63, 3.8) is 0 Å². The largest absolute Gasteiger partial charge is 0.493 e. The number of ether oxygens (including phenoxy) is 1. The highest BCUT2D eigenvalue weighted by Gasteiger charge is 2.12. The summed E-state index contributed by atoms with van der Waals surface area (Å²) in [4.78, 5) is 16.2. The zero-order valence-corrected chi connectivity index (χ0v) is 13.0. The first-order valence-corrected chi connectivity index (χ1v) is 7.31. The van der Waals surface area contributed by atoms with Crippen molar-refractivity contribution in [2.24, 2.45) is 0 Å². The summed E-state index contributed by atoms with van der Waals surface area (Å²) in [7, 11) is 0. The van der Waals surface area contributed by atoms with Gasteiger partial charge in [0.15, 0.2) is 5.11 Å². The molecule has 1 aromatic heterocycles. The van der Waals surface area contributed by atoms with E-state index < -0.39 is 0 Å². The van der Waals surface area contributed by atoms with Crippen LogP contribution in [-0.2, 0) is 6.54 Å². The molecule has 0 saturated carbocycles. The van der Waals surface area contributed by atoms with Crippen LogP contribution in [0.4, 0.5) is 0 Å². The van der Waals surface area contributed by atoms with E-state index in [-0.39, 0.29) is 11.0 Å². The average molecular weight is 315 g/mol. The summed E-state index contributed by atoms with van der Waals surface area (Å²) in [5.41, 5.74) is 1.43. The van der Waals surface area contributed by atoms with Gasteiger partial charge < -0.3 is 10.1 Å². The fraction of sp³-hybridized carbons (Fsp3) is 0.188. The topological polar surface area (TPSA) is 63.2 Å². The summed E-state index contributed by atoms with van der Waals surface area (Å²) in [5, 5.41) is 5.88. The molecule has 0 spiro atoms. The van der Waals surface area contributed by atoms with Gasteiger partial charge in [-0.25, -0.2) is 0 Å². The number of benzene rings is 1. The van der Waals surface area contributed by atoms with Gasteiger partial charge in [0.05, 0.1) is 12.2 Å². The summed E-state index contributed by atoms with van der Waals surface area (Å²) in [6, 6.07) is 10.8. The molecule has 0 aliphatic rings. The lowest BCUT2D eigenvalue weighted by Gasteiger charge is -2.12. The van der Waals surface area contributed by atoms with E-state index >= 15 is 0 Å². The van der Waals surface area contributed by atoms with Crippen LogP contribution in [0.5, 0.6) is 5.75 Å². The van der Waals surface area contributed by atoms with Crippen molar-refractivity contribution in [1.82, 2.24) is 15.6 Å². The maximum Gasteiger partial charge on any atom is 0.261 e. The molecule has 0 fully saturated rings. The van der Waals surface area contributed by atoms with Gasteiger partial charge in [-0.3, -0.25) is 15.1 Å². The van der Waals surface area contributed by atoms with Crippen molar-refractivity contribution in [3.8, 4) is 5.75 Å². The van der Waals surface area contributed by atoms with Crippen molar-refractivity contribution >= 4 is 23.2 Å². The number of thiocarbonyl (C=S) groups is 1. The van der Waals surface area contributed by atoms with Crippen LogP contribution in [0.1, 0.15) is 22.8 Å². The van der Waals surface area contributed by atoms with Crippen LogP contribution >= 0.6 is 12.2 Å². The highest BCUT2D eigenvalue weighted by Crippen LogP contribution is 2.17. The second-order valence-electron chi connectivity index (χ2n) is 4.43. The van der Waals surface area contributed by atoms with Crippen LogP contribution in [-0.4, -0.2) is 22.6 Å². The third-order valence-corrected chi connectivity index (χ3v) is 3.08. The second-order valence-corrected chi connectivity index (χ2v) is 4.84. The van der Waals surface area contributed by atoms with E-state index in [0.29, 0.717) is 24.5 Å². The van der Waals surface area contributed by atoms with Gasteiger partial charge in [0, 0.05) is 18.9 Å². The Balaban J connectivity index is 1.93. The fourth-order valence-corrected chi connectivity index (χ4v) is 2.00. The van der Waals surface area contributed by atoms with E-state index in [0.717, 1.165) is 5.56 Å². The Morgan fingerprint density at radius 1 is 1.27 bits per heavy atom. The normalized spacial score (nSPS) is 9.86. The fourth-order valence-electron chi connectivity index (χ4n) is 1.84. The summed E-state index contributed by atoms with van der Waals surface area (Å²) >= 11 is 5.13. The predicted molar refractivity (Wildman–Crippen MR) is 88.8 cm³/mol. The Morgan fingerprint density at radius 2 is 2.09 bits per heavy atom. The van der Waals surface area contributed by atoms with Gasteiger partial charge in [0.1, 0.15) is 5.75 Å². The lowest BCUT2D eigenvalue weighted by Crippen LogP contribution is -2.39. The molecule has 1 amide bonds. The van der Waals surface area contributed by atoms with Crippen molar-refractivity contribution in [1.29, 1.82) is 0 Å². The first-order chi connectivity index (χ1) is 10.7. The van der Waals surface area contributed by atoms with Crippen molar-refractivity contribution < 1.29 is 9.53 Å². The smallest absolute Gasteiger partial charge is 0.261 e. The maximum absolute atomic E-state index is 12.2. The molecular formula is C16H17N3O2S. The maximum atomic E-state index is 12.2. The van der Waals surface area contributed by atoms with Crippen LogP contribution in [0, 0.1) is 0 Å². The van der Waals surface area contributed by atoms with Gasteiger partial charge in [-0.15, -0.1) is 0 Å². The predicted octanol–water partition coefficient (Wildman–Crippen LogP) is 2.28. The van der Waals surface area contributed by atoms with E-state index in [9.17, 15) is 4.79 Å². The van der Waals surface area contributed by atoms with Gasteiger partial charge in [-0.2, -0.15) is 0 Å². The van der Waals surface area contributed by atoms with Gasteiger partial charge in [0.2, 0.25) is 0 Å². The number of rotatable bonds is 5. The zero-order valence-electron chi connectivity index (χ0n) is 12.2. The van der Waals surface area contributed by atoms with Crippen molar-refractivity contribution in [2.45, 2.75) is 13.5 Å². The van der Waals surface area contributed by atoms with E-state index in [4.69, 9.17) is 17.0 Å². The van der Waals surface area contributed by atoms with Crippen LogP contribution in [0.25, 0.3) is 0 Å². The number of carbonyl (C=O) groups is 1. The minimum Gasteiger partial charge on any atom is -0.493 e. The third kappa shape index (κ3) is 4.53. The van der Waals surface area contributed by atoms with E-state index in [1.165, 1.54) is 0 Å². The summed E-state index contributed by atoms with van der Waals surface area (Å²) < 4.78 is 5.44. The molecule has 114 valence electrons. The number of amides is 1. The minimum atomic E-state index is -0.298. The molecule has 0 saturated heterocycles. The SMILES string of the molecule is CCOc1ccccc1C(=O)NC(=S)NCc1cccnc1. The molecule has 0 atom stereocenters. The van der Waals surface area contributed by atoms with E-state index in [2.05, 4.69) is 15.6 Å². The standard InChI is InChI=1S/C16H17N3O2S/c1-2-21-14-8-4-3-7-13(14)15(20)19-16(22)18-11-12-6-5-9-17-10-12/h3-10H,2,11H2,1H3,(H2,18,19,20,22). The second kappa shape index (κ2) is 8.09. The third-order valence-electron chi connectivity index (χ3n) is 2.83. The van der Waals surface area contributed by atoms with Gasteiger partial charge in [0.25, 0.3) is 5.91 Å². The molecule has 0 aliphatic heterocycles. The lowest BCUT2D eigenvalue weighted by atomic mass is 10.2. The first-order valence-electron chi connectivity index (χ1n) is 6.90. The molecule has 1 heterocycles. The quantitative estimate of drug-likeness (QED) is 0.829. The van der Waals surface area contributed by atoms with Crippen LogP contribution in [0.2, 0.25) is 0 Å². The highest BCUT2D eigenvalue weighted by molar-refractivity contribution is 7.80. The summed E-state index contributed by atoms with van der Waals surface area (Å²) in [6.45, 7) is 2.86. The monoisotopic (exact) mass is 315 g/mol. The molecule has 2 aromatic rings. The number of nitrogens with zero attached hydrogens (tertiary/aromatic N) is 1.